The maximum atomic E-state index is 5.67. The fourth-order valence-corrected chi connectivity index (χ4v) is 2.32. The number of pyridine rings is 1. The maximum absolute atomic E-state index is 5.67. The van der Waals surface area contributed by atoms with E-state index in [1.165, 1.54) is 0 Å². The Hall–Kier alpha value is -3.15. The topological polar surface area (TPSA) is 74.0 Å². The summed E-state index contributed by atoms with van der Waals surface area (Å²) in [6.45, 7) is 0. The number of nitrogen functional groups attached to an aromatic ring is 1. The van der Waals surface area contributed by atoms with Crippen molar-refractivity contribution >= 4 is 11.6 Å². The predicted molar refractivity (Wildman–Crippen MR) is 80.0 cm³/mol. The summed E-state index contributed by atoms with van der Waals surface area (Å²) in [5, 5.41) is 8.62. The first-order valence-electron chi connectivity index (χ1n) is 6.53. The van der Waals surface area contributed by atoms with Crippen LogP contribution in [0.3, 0.4) is 0 Å². The van der Waals surface area contributed by atoms with Crippen LogP contribution in [0.15, 0.2) is 60.9 Å². The van der Waals surface area contributed by atoms with Crippen LogP contribution < -0.4 is 5.73 Å². The molecule has 21 heavy (non-hydrogen) atoms. The lowest BCUT2D eigenvalue weighted by Gasteiger charge is -2.01. The summed E-state index contributed by atoms with van der Waals surface area (Å²) in [5.74, 6) is 0.262. The fraction of sp³-hybridized carbons (Fsp3) is 0. The molecule has 102 valence electrons. The van der Waals surface area contributed by atoms with Crippen LogP contribution in [0.4, 0.5) is 5.95 Å². The Balaban J connectivity index is 1.85. The molecule has 0 aliphatic carbocycles. The second-order valence-corrected chi connectivity index (χ2v) is 4.66. The van der Waals surface area contributed by atoms with Crippen molar-refractivity contribution in [2.45, 2.75) is 0 Å². The summed E-state index contributed by atoms with van der Waals surface area (Å²) in [6.07, 6.45) is 3.77. The molecule has 0 saturated heterocycles. The molecule has 0 atom stereocenters. The molecular weight excluding hydrogens is 264 g/mol. The van der Waals surface area contributed by atoms with Crippen molar-refractivity contribution in [3.8, 4) is 16.9 Å². The molecule has 0 unspecified atom stereocenters. The molecule has 3 heterocycles. The lowest BCUT2D eigenvalue weighted by Crippen LogP contribution is -1.94. The first kappa shape index (κ1) is 11.7. The van der Waals surface area contributed by atoms with Crippen molar-refractivity contribution in [2.75, 3.05) is 5.73 Å². The third kappa shape index (κ3) is 1.93. The summed E-state index contributed by atoms with van der Waals surface area (Å²) in [4.78, 5) is 4.17. The van der Waals surface area contributed by atoms with Gasteiger partial charge in [-0.05, 0) is 24.3 Å². The van der Waals surface area contributed by atoms with E-state index in [0.29, 0.717) is 0 Å². The molecule has 2 N–H and O–H groups in total. The van der Waals surface area contributed by atoms with Gasteiger partial charge in [0.05, 0.1) is 17.6 Å². The zero-order chi connectivity index (χ0) is 14.2. The third-order valence-corrected chi connectivity index (χ3v) is 3.28. The second-order valence-electron chi connectivity index (χ2n) is 4.66. The van der Waals surface area contributed by atoms with Gasteiger partial charge in [0.2, 0.25) is 5.95 Å². The van der Waals surface area contributed by atoms with Crippen LogP contribution in [0, 0.1) is 0 Å². The van der Waals surface area contributed by atoms with E-state index >= 15 is 0 Å². The molecular formula is C15H12N6. The summed E-state index contributed by atoms with van der Waals surface area (Å²) < 4.78 is 3.55. The SMILES string of the molecule is Nc1nc2cccc(-c3cnn(-c4ccccc4)c3)n2n1. The average molecular weight is 276 g/mol. The lowest BCUT2D eigenvalue weighted by atomic mass is 10.2. The molecule has 0 aliphatic rings. The first-order valence-corrected chi connectivity index (χ1v) is 6.53. The molecule has 4 aromatic rings. The summed E-state index contributed by atoms with van der Waals surface area (Å²) >= 11 is 0. The van der Waals surface area contributed by atoms with Gasteiger partial charge in [-0.1, -0.05) is 24.3 Å². The molecule has 0 saturated carbocycles. The standard InChI is InChI=1S/C15H12N6/c16-15-18-14-8-4-7-13(21(14)19-15)11-9-17-20(10-11)12-5-2-1-3-6-12/h1-10H,(H2,16,19). The predicted octanol–water partition coefficient (Wildman–Crippen LogP) is 2.16. The van der Waals surface area contributed by atoms with E-state index in [9.17, 15) is 0 Å². The van der Waals surface area contributed by atoms with Crippen LogP contribution in [0.25, 0.3) is 22.6 Å². The Morgan fingerprint density at radius 2 is 1.81 bits per heavy atom. The van der Waals surface area contributed by atoms with Gasteiger partial charge in [0.25, 0.3) is 0 Å². The maximum Gasteiger partial charge on any atom is 0.240 e. The number of rotatable bonds is 2. The van der Waals surface area contributed by atoms with Crippen molar-refractivity contribution in [3.05, 3.63) is 60.9 Å². The van der Waals surface area contributed by atoms with Crippen LogP contribution in [-0.2, 0) is 0 Å². The largest absolute Gasteiger partial charge is 0.366 e. The summed E-state index contributed by atoms with van der Waals surface area (Å²) in [5.41, 5.74) is 9.25. The minimum Gasteiger partial charge on any atom is -0.366 e. The number of fused-ring (bicyclic) bond motifs is 1. The molecule has 6 nitrogen and oxygen atoms in total. The van der Waals surface area contributed by atoms with Gasteiger partial charge >= 0.3 is 0 Å². The van der Waals surface area contributed by atoms with Crippen molar-refractivity contribution in [1.82, 2.24) is 24.4 Å². The minimum absolute atomic E-state index is 0.262. The van der Waals surface area contributed by atoms with Crippen LogP contribution in [0.5, 0.6) is 0 Å². The molecule has 3 aromatic heterocycles. The van der Waals surface area contributed by atoms with Gasteiger partial charge in [-0.15, -0.1) is 5.10 Å². The van der Waals surface area contributed by atoms with E-state index in [1.807, 2.05) is 59.4 Å². The molecule has 1 aromatic carbocycles. The Bertz CT molecular complexity index is 906. The van der Waals surface area contributed by atoms with Crippen LogP contribution in [0.2, 0.25) is 0 Å². The highest BCUT2D eigenvalue weighted by molar-refractivity contribution is 5.62. The quantitative estimate of drug-likeness (QED) is 0.609. The van der Waals surface area contributed by atoms with Gasteiger partial charge in [0.1, 0.15) is 0 Å². The highest BCUT2D eigenvalue weighted by atomic mass is 15.3. The number of benzene rings is 1. The third-order valence-electron chi connectivity index (χ3n) is 3.28. The normalized spacial score (nSPS) is 11.0. The van der Waals surface area contributed by atoms with E-state index in [2.05, 4.69) is 15.2 Å². The lowest BCUT2D eigenvalue weighted by molar-refractivity contribution is 0.880. The fourth-order valence-electron chi connectivity index (χ4n) is 2.32. The van der Waals surface area contributed by atoms with Crippen molar-refractivity contribution in [3.63, 3.8) is 0 Å². The Kier molecular flexibility index (Phi) is 2.47. The smallest absolute Gasteiger partial charge is 0.240 e. The average Bonchev–Trinajstić information content (AvgIpc) is 3.13. The van der Waals surface area contributed by atoms with E-state index in [4.69, 9.17) is 5.73 Å². The van der Waals surface area contributed by atoms with Crippen LogP contribution >= 0.6 is 0 Å². The van der Waals surface area contributed by atoms with Crippen molar-refractivity contribution in [1.29, 1.82) is 0 Å². The van der Waals surface area contributed by atoms with Crippen LogP contribution in [-0.4, -0.2) is 24.4 Å². The highest BCUT2D eigenvalue weighted by Gasteiger charge is 2.09. The molecule has 0 radical (unpaired) electrons. The van der Waals surface area contributed by atoms with Crippen molar-refractivity contribution < 1.29 is 0 Å². The van der Waals surface area contributed by atoms with Gasteiger partial charge in [0, 0.05) is 11.8 Å². The molecule has 4 rings (SSSR count). The minimum atomic E-state index is 0.262. The number of para-hydroxylation sites is 1. The number of aromatic nitrogens is 5. The van der Waals surface area contributed by atoms with Crippen LogP contribution in [0.1, 0.15) is 0 Å². The summed E-state index contributed by atoms with van der Waals surface area (Å²) in [7, 11) is 0. The molecule has 0 bridgehead atoms. The van der Waals surface area contributed by atoms with Gasteiger partial charge in [-0.2, -0.15) is 10.1 Å². The van der Waals surface area contributed by atoms with Gasteiger partial charge in [0.15, 0.2) is 5.65 Å². The summed E-state index contributed by atoms with van der Waals surface area (Å²) in [6, 6.07) is 15.7. The monoisotopic (exact) mass is 276 g/mol. The molecule has 0 spiro atoms. The van der Waals surface area contributed by atoms with E-state index in [-0.39, 0.29) is 5.95 Å². The zero-order valence-electron chi connectivity index (χ0n) is 11.1. The number of hydrogen-bond donors (Lipinski definition) is 1. The first-order chi connectivity index (χ1) is 10.3. The molecule has 6 heteroatoms. The van der Waals surface area contributed by atoms with Crippen molar-refractivity contribution in [2.24, 2.45) is 0 Å². The molecule has 0 aliphatic heterocycles. The van der Waals surface area contributed by atoms with Gasteiger partial charge in [-0.3, -0.25) is 0 Å². The molecule has 0 fully saturated rings. The number of nitrogens with two attached hydrogens (primary N) is 1. The molecule has 0 amide bonds. The Morgan fingerprint density at radius 1 is 0.952 bits per heavy atom. The number of anilines is 1. The van der Waals surface area contributed by atoms with E-state index in [0.717, 1.165) is 22.6 Å². The number of nitrogens with zero attached hydrogens (tertiary/aromatic N) is 5. The van der Waals surface area contributed by atoms with Gasteiger partial charge in [-0.25, -0.2) is 9.20 Å². The van der Waals surface area contributed by atoms with E-state index < -0.39 is 0 Å². The van der Waals surface area contributed by atoms with Gasteiger partial charge < -0.3 is 5.73 Å². The second kappa shape index (κ2) is 4.45. The Labute approximate surface area is 120 Å². The highest BCUT2D eigenvalue weighted by Crippen LogP contribution is 2.21. The van der Waals surface area contributed by atoms with E-state index in [1.54, 1.807) is 10.7 Å². The Morgan fingerprint density at radius 3 is 2.67 bits per heavy atom. The zero-order valence-corrected chi connectivity index (χ0v) is 11.1. The number of hydrogen-bond acceptors (Lipinski definition) is 4.